The van der Waals surface area contributed by atoms with Gasteiger partial charge in [-0.2, -0.15) is 0 Å². The number of carboxylic acids is 1. The molecule has 0 saturated carbocycles. The molecule has 0 saturated heterocycles. The van der Waals surface area contributed by atoms with Crippen molar-refractivity contribution in [1.82, 2.24) is 10.3 Å². The highest BCUT2D eigenvalue weighted by atomic mass is 16.5. The molecule has 1 unspecified atom stereocenters. The SMILES string of the molecule is CC1=C(C(=O)O)C(c2cccnc2)C(C(=O)OCC=Cc2ccccc2)=C(C)N1. The number of pyridine rings is 1. The number of aromatic nitrogens is 1. The number of nitrogens with one attached hydrogen (secondary N) is 1. The average Bonchev–Trinajstić information content (AvgIpc) is 2.71. The molecule has 0 radical (unpaired) electrons. The Kier molecular flexibility index (Phi) is 6.24. The van der Waals surface area contributed by atoms with Gasteiger partial charge in [0, 0.05) is 23.8 Å². The lowest BCUT2D eigenvalue weighted by molar-refractivity contribution is -0.138. The summed E-state index contributed by atoms with van der Waals surface area (Å²) in [5.41, 5.74) is 3.06. The molecule has 2 heterocycles. The second-order valence-corrected chi connectivity index (χ2v) is 6.64. The summed E-state index contributed by atoms with van der Waals surface area (Å²) < 4.78 is 5.43. The number of aliphatic carboxylic acids is 1. The second-order valence-electron chi connectivity index (χ2n) is 6.64. The topological polar surface area (TPSA) is 88.5 Å². The number of nitrogens with zero attached hydrogens (tertiary/aromatic N) is 1. The van der Waals surface area contributed by atoms with Crippen LogP contribution < -0.4 is 5.32 Å². The molecule has 0 bridgehead atoms. The molecule has 1 aliphatic rings. The molecule has 2 aromatic rings. The van der Waals surface area contributed by atoms with Crippen molar-refractivity contribution in [3.05, 3.63) is 94.6 Å². The Hall–Kier alpha value is -3.67. The number of hydrogen-bond donors (Lipinski definition) is 2. The van der Waals surface area contributed by atoms with Gasteiger partial charge in [0.05, 0.1) is 17.1 Å². The van der Waals surface area contributed by atoms with Gasteiger partial charge in [-0.1, -0.05) is 42.5 Å². The van der Waals surface area contributed by atoms with Crippen molar-refractivity contribution in [1.29, 1.82) is 0 Å². The Morgan fingerprint density at radius 3 is 2.48 bits per heavy atom. The zero-order valence-corrected chi connectivity index (χ0v) is 16.3. The van der Waals surface area contributed by atoms with Crippen molar-refractivity contribution in [2.45, 2.75) is 19.8 Å². The van der Waals surface area contributed by atoms with Gasteiger partial charge in [0.15, 0.2) is 0 Å². The molecule has 0 spiro atoms. The quantitative estimate of drug-likeness (QED) is 0.732. The predicted molar refractivity (Wildman–Crippen MR) is 110 cm³/mol. The standard InChI is InChI=1S/C23H22N2O4/c1-15-19(22(26)27)21(18-11-6-12-24-14-18)20(16(2)25-15)23(28)29-13-7-10-17-8-4-3-5-9-17/h3-12,14,21,25H,13H2,1-2H3,(H,26,27). The molecule has 6 heteroatoms. The molecule has 0 amide bonds. The lowest BCUT2D eigenvalue weighted by Crippen LogP contribution is -2.31. The van der Waals surface area contributed by atoms with Crippen molar-refractivity contribution in [3.63, 3.8) is 0 Å². The number of dihydropyridines is 1. The molecule has 6 nitrogen and oxygen atoms in total. The fourth-order valence-electron chi connectivity index (χ4n) is 3.38. The Labute approximate surface area is 169 Å². The summed E-state index contributed by atoms with van der Waals surface area (Å²) in [5, 5.41) is 12.8. The number of hydrogen-bond acceptors (Lipinski definition) is 5. The highest BCUT2D eigenvalue weighted by molar-refractivity contribution is 5.99. The van der Waals surface area contributed by atoms with E-state index in [-0.39, 0.29) is 17.8 Å². The van der Waals surface area contributed by atoms with Crippen molar-refractivity contribution >= 4 is 18.0 Å². The van der Waals surface area contributed by atoms with Crippen LogP contribution in [-0.4, -0.2) is 28.6 Å². The summed E-state index contributed by atoms with van der Waals surface area (Å²) in [5.74, 6) is -2.41. The van der Waals surface area contributed by atoms with Gasteiger partial charge >= 0.3 is 11.9 Å². The zero-order valence-electron chi connectivity index (χ0n) is 16.3. The van der Waals surface area contributed by atoms with E-state index in [2.05, 4.69) is 10.3 Å². The number of allylic oxidation sites excluding steroid dienone is 2. The smallest absolute Gasteiger partial charge is 0.337 e. The van der Waals surface area contributed by atoms with Gasteiger partial charge in [-0.15, -0.1) is 0 Å². The summed E-state index contributed by atoms with van der Waals surface area (Å²) in [6.07, 6.45) is 6.78. The Morgan fingerprint density at radius 2 is 1.83 bits per heavy atom. The maximum Gasteiger partial charge on any atom is 0.337 e. The van der Waals surface area contributed by atoms with Crippen molar-refractivity contribution in [2.75, 3.05) is 6.61 Å². The van der Waals surface area contributed by atoms with Crippen LogP contribution in [-0.2, 0) is 14.3 Å². The summed E-state index contributed by atoms with van der Waals surface area (Å²) in [6.45, 7) is 3.50. The monoisotopic (exact) mass is 390 g/mol. The molecule has 1 aromatic carbocycles. The Morgan fingerprint density at radius 1 is 1.10 bits per heavy atom. The third-order valence-corrected chi connectivity index (χ3v) is 4.65. The first kappa shape index (κ1) is 20.1. The number of esters is 1. The predicted octanol–water partition coefficient (Wildman–Crippen LogP) is 3.66. The summed E-state index contributed by atoms with van der Waals surface area (Å²) in [4.78, 5) is 28.9. The highest BCUT2D eigenvalue weighted by Gasteiger charge is 2.37. The number of ether oxygens (including phenoxy) is 1. The fourth-order valence-corrected chi connectivity index (χ4v) is 3.38. The molecule has 0 fully saturated rings. The van der Waals surface area contributed by atoms with E-state index in [1.165, 1.54) is 0 Å². The van der Waals surface area contributed by atoms with E-state index in [4.69, 9.17) is 4.74 Å². The van der Waals surface area contributed by atoms with E-state index in [9.17, 15) is 14.7 Å². The molecule has 0 aliphatic carbocycles. The first-order valence-corrected chi connectivity index (χ1v) is 9.19. The highest BCUT2D eigenvalue weighted by Crippen LogP contribution is 2.38. The molecule has 1 aliphatic heterocycles. The third-order valence-electron chi connectivity index (χ3n) is 4.65. The third kappa shape index (κ3) is 4.60. The maximum atomic E-state index is 12.9. The van der Waals surface area contributed by atoms with E-state index in [0.717, 1.165) is 5.56 Å². The van der Waals surface area contributed by atoms with Crippen LogP contribution >= 0.6 is 0 Å². The summed E-state index contributed by atoms with van der Waals surface area (Å²) >= 11 is 0. The van der Waals surface area contributed by atoms with Crippen LogP contribution in [0.25, 0.3) is 6.08 Å². The molecule has 1 aromatic heterocycles. The lowest BCUT2D eigenvalue weighted by Gasteiger charge is -2.29. The van der Waals surface area contributed by atoms with E-state index < -0.39 is 17.9 Å². The number of benzene rings is 1. The molecule has 3 rings (SSSR count). The van der Waals surface area contributed by atoms with Crippen molar-refractivity contribution in [2.24, 2.45) is 0 Å². The van der Waals surface area contributed by atoms with Gasteiger partial charge in [0.2, 0.25) is 0 Å². The normalized spacial score (nSPS) is 16.7. The first-order valence-electron chi connectivity index (χ1n) is 9.19. The average molecular weight is 390 g/mol. The van der Waals surface area contributed by atoms with E-state index in [0.29, 0.717) is 17.0 Å². The van der Waals surface area contributed by atoms with Crippen LogP contribution in [0.3, 0.4) is 0 Å². The van der Waals surface area contributed by atoms with Crippen LogP contribution in [0.1, 0.15) is 30.9 Å². The Balaban J connectivity index is 1.85. The summed E-state index contributed by atoms with van der Waals surface area (Å²) in [7, 11) is 0. The van der Waals surface area contributed by atoms with Gasteiger partial charge in [0.25, 0.3) is 0 Å². The van der Waals surface area contributed by atoms with Crippen molar-refractivity contribution in [3.8, 4) is 0 Å². The van der Waals surface area contributed by atoms with Gasteiger partial charge in [0.1, 0.15) is 6.61 Å². The van der Waals surface area contributed by atoms with Crippen LogP contribution in [0.15, 0.2) is 83.5 Å². The summed E-state index contributed by atoms with van der Waals surface area (Å²) in [6, 6.07) is 13.1. The van der Waals surface area contributed by atoms with Gasteiger partial charge in [-0.05, 0) is 37.1 Å². The maximum absolute atomic E-state index is 12.9. The minimum absolute atomic E-state index is 0.0787. The van der Waals surface area contributed by atoms with Crippen LogP contribution in [0.2, 0.25) is 0 Å². The van der Waals surface area contributed by atoms with E-state index >= 15 is 0 Å². The molecule has 1 atom stereocenters. The van der Waals surface area contributed by atoms with Gasteiger partial charge < -0.3 is 15.2 Å². The molecule has 2 N–H and O–H groups in total. The number of carboxylic acid groups (broad SMARTS) is 1. The Bertz CT molecular complexity index is 992. The van der Waals surface area contributed by atoms with E-state index in [1.807, 2.05) is 36.4 Å². The zero-order chi connectivity index (χ0) is 20.8. The van der Waals surface area contributed by atoms with Crippen LogP contribution in [0, 0.1) is 0 Å². The molecule has 148 valence electrons. The first-order chi connectivity index (χ1) is 14.0. The van der Waals surface area contributed by atoms with Crippen LogP contribution in [0.4, 0.5) is 0 Å². The number of carbonyl (C=O) groups excluding carboxylic acids is 1. The van der Waals surface area contributed by atoms with Crippen molar-refractivity contribution < 1.29 is 19.4 Å². The van der Waals surface area contributed by atoms with E-state index in [1.54, 1.807) is 44.4 Å². The number of rotatable bonds is 6. The van der Waals surface area contributed by atoms with Crippen LogP contribution in [0.5, 0.6) is 0 Å². The largest absolute Gasteiger partial charge is 0.478 e. The fraction of sp³-hybridized carbons (Fsp3) is 0.174. The second kappa shape index (κ2) is 9.01. The minimum Gasteiger partial charge on any atom is -0.478 e. The molecule has 29 heavy (non-hydrogen) atoms. The minimum atomic E-state index is -1.09. The lowest BCUT2D eigenvalue weighted by atomic mass is 9.81. The number of carbonyl (C=O) groups is 2. The van der Waals surface area contributed by atoms with Gasteiger partial charge in [-0.25, -0.2) is 9.59 Å². The van der Waals surface area contributed by atoms with Gasteiger partial charge in [-0.3, -0.25) is 4.98 Å². The molecular weight excluding hydrogens is 368 g/mol. The molecular formula is C23H22N2O4.